The molecule has 2 aromatic rings. The number of sulfonamides is 1. The Morgan fingerprint density at radius 3 is 2.34 bits per heavy atom. The van der Waals surface area contributed by atoms with Crippen LogP contribution in [0.3, 0.4) is 0 Å². The summed E-state index contributed by atoms with van der Waals surface area (Å²) in [6.07, 6.45) is 2.35. The third kappa shape index (κ3) is 4.54. The van der Waals surface area contributed by atoms with E-state index in [9.17, 15) is 22.0 Å². The minimum absolute atomic E-state index is 0.0824. The Morgan fingerprint density at radius 1 is 1.10 bits per heavy atom. The van der Waals surface area contributed by atoms with E-state index in [-0.39, 0.29) is 29.8 Å². The quantitative estimate of drug-likeness (QED) is 0.671. The summed E-state index contributed by atoms with van der Waals surface area (Å²) in [5, 5.41) is 0. The van der Waals surface area contributed by atoms with Gasteiger partial charge in [0.15, 0.2) is 11.6 Å². The zero-order valence-corrected chi connectivity index (χ0v) is 16.6. The number of hydrogen-bond donors (Lipinski definition) is 0. The maximum atomic E-state index is 13.5. The van der Waals surface area contributed by atoms with Gasteiger partial charge in [-0.2, -0.15) is 4.31 Å². The predicted octanol–water partition coefficient (Wildman–Crippen LogP) is 3.58. The molecule has 0 spiro atoms. The molecular weight excluding hydrogens is 398 g/mol. The van der Waals surface area contributed by atoms with Crippen molar-refractivity contribution in [2.45, 2.75) is 17.7 Å². The lowest BCUT2D eigenvalue weighted by Crippen LogP contribution is -2.44. The first-order valence-electron chi connectivity index (χ1n) is 9.27. The second kappa shape index (κ2) is 8.84. The van der Waals surface area contributed by atoms with Gasteiger partial charge in [0.25, 0.3) is 0 Å². The standard InChI is InChI=1S/C21H22F2N2O3S/c1-2-12-25(17-6-4-3-5-7-17)21(26)16-10-13-24(14-11-16)29(27,28)18-8-9-19(22)20(23)15-18/h2-9,15-16H,1,10-14H2. The molecule has 3 rings (SSSR count). The molecule has 1 aliphatic rings. The lowest BCUT2D eigenvalue weighted by molar-refractivity contribution is -0.123. The molecule has 0 bridgehead atoms. The van der Waals surface area contributed by atoms with Crippen molar-refractivity contribution >= 4 is 21.6 Å². The van der Waals surface area contributed by atoms with Gasteiger partial charge in [-0.25, -0.2) is 17.2 Å². The van der Waals surface area contributed by atoms with Crippen molar-refractivity contribution in [1.82, 2.24) is 4.31 Å². The highest BCUT2D eigenvalue weighted by Crippen LogP contribution is 2.27. The molecule has 0 saturated carbocycles. The zero-order chi connectivity index (χ0) is 21.0. The first-order chi connectivity index (χ1) is 13.8. The molecule has 1 amide bonds. The van der Waals surface area contributed by atoms with Gasteiger partial charge < -0.3 is 4.90 Å². The third-order valence-electron chi connectivity index (χ3n) is 4.98. The van der Waals surface area contributed by atoms with Gasteiger partial charge in [-0.3, -0.25) is 4.79 Å². The van der Waals surface area contributed by atoms with Crippen molar-refractivity contribution in [1.29, 1.82) is 0 Å². The van der Waals surface area contributed by atoms with Gasteiger partial charge in [-0.15, -0.1) is 6.58 Å². The van der Waals surface area contributed by atoms with E-state index in [1.807, 2.05) is 30.3 Å². The molecule has 0 unspecified atom stereocenters. The second-order valence-electron chi connectivity index (χ2n) is 6.83. The van der Waals surface area contributed by atoms with Crippen LogP contribution >= 0.6 is 0 Å². The Bertz CT molecular complexity index is 988. The summed E-state index contributed by atoms with van der Waals surface area (Å²) >= 11 is 0. The minimum atomic E-state index is -3.95. The summed E-state index contributed by atoms with van der Waals surface area (Å²) in [4.78, 5) is 14.4. The number of benzene rings is 2. The topological polar surface area (TPSA) is 57.7 Å². The van der Waals surface area contributed by atoms with Crippen LogP contribution in [-0.4, -0.2) is 38.3 Å². The van der Waals surface area contributed by atoms with Gasteiger partial charge in [0.2, 0.25) is 15.9 Å². The van der Waals surface area contributed by atoms with E-state index in [1.54, 1.807) is 11.0 Å². The number of halogens is 2. The highest BCUT2D eigenvalue weighted by molar-refractivity contribution is 7.89. The molecule has 8 heteroatoms. The molecule has 1 fully saturated rings. The van der Waals surface area contributed by atoms with Gasteiger partial charge in [-0.1, -0.05) is 24.3 Å². The monoisotopic (exact) mass is 420 g/mol. The van der Waals surface area contributed by atoms with E-state index in [2.05, 4.69) is 6.58 Å². The lowest BCUT2D eigenvalue weighted by Gasteiger charge is -2.33. The number of hydrogen-bond acceptors (Lipinski definition) is 3. The molecular formula is C21H22F2N2O3S. The number of amides is 1. The number of rotatable bonds is 6. The molecule has 29 heavy (non-hydrogen) atoms. The third-order valence-corrected chi connectivity index (χ3v) is 6.87. The summed E-state index contributed by atoms with van der Waals surface area (Å²) in [6, 6.07) is 11.8. The molecule has 0 atom stereocenters. The number of anilines is 1. The summed E-state index contributed by atoms with van der Waals surface area (Å²) < 4.78 is 53.2. The number of para-hydroxylation sites is 1. The van der Waals surface area contributed by atoms with E-state index >= 15 is 0 Å². The van der Waals surface area contributed by atoms with Crippen LogP contribution in [0.2, 0.25) is 0 Å². The number of nitrogens with zero attached hydrogens (tertiary/aromatic N) is 2. The van der Waals surface area contributed by atoms with Crippen LogP contribution in [0.25, 0.3) is 0 Å². The average molecular weight is 420 g/mol. The Balaban J connectivity index is 1.71. The Hall–Kier alpha value is -2.58. The molecule has 1 heterocycles. The van der Waals surface area contributed by atoms with Crippen LogP contribution in [0.4, 0.5) is 14.5 Å². The smallest absolute Gasteiger partial charge is 0.243 e. The van der Waals surface area contributed by atoms with Crippen LogP contribution in [0.15, 0.2) is 66.1 Å². The number of carbonyl (C=O) groups excluding carboxylic acids is 1. The first kappa shape index (κ1) is 21.1. The van der Waals surface area contributed by atoms with Gasteiger partial charge in [0.1, 0.15) is 0 Å². The molecule has 154 valence electrons. The summed E-state index contributed by atoms with van der Waals surface area (Å²) in [5.74, 6) is -2.72. The van der Waals surface area contributed by atoms with Crippen molar-refractivity contribution in [2.75, 3.05) is 24.5 Å². The number of carbonyl (C=O) groups is 1. The van der Waals surface area contributed by atoms with E-state index in [4.69, 9.17) is 0 Å². The molecule has 0 aromatic heterocycles. The summed E-state index contributed by atoms with van der Waals surface area (Å²) in [7, 11) is -3.95. The molecule has 0 aliphatic carbocycles. The van der Waals surface area contributed by atoms with E-state index < -0.39 is 21.7 Å². The van der Waals surface area contributed by atoms with Gasteiger partial charge in [0.05, 0.1) is 4.90 Å². The molecule has 1 saturated heterocycles. The summed E-state index contributed by atoms with van der Waals surface area (Å²) in [5.41, 5.74) is 0.759. The average Bonchev–Trinajstić information content (AvgIpc) is 2.74. The Kier molecular flexibility index (Phi) is 6.44. The molecule has 2 aromatic carbocycles. The van der Waals surface area contributed by atoms with Crippen molar-refractivity contribution in [3.05, 3.63) is 72.8 Å². The SMILES string of the molecule is C=CCN(C(=O)C1CCN(S(=O)(=O)c2ccc(F)c(F)c2)CC1)c1ccccc1. The van der Waals surface area contributed by atoms with Gasteiger partial charge in [-0.05, 0) is 43.2 Å². The first-order valence-corrected chi connectivity index (χ1v) is 10.7. The van der Waals surface area contributed by atoms with E-state index in [1.165, 1.54) is 4.31 Å². The minimum Gasteiger partial charge on any atom is -0.308 e. The predicted molar refractivity (Wildman–Crippen MR) is 107 cm³/mol. The van der Waals surface area contributed by atoms with Crippen LogP contribution in [0, 0.1) is 17.6 Å². The summed E-state index contributed by atoms with van der Waals surface area (Å²) in [6.45, 7) is 4.33. The fraction of sp³-hybridized carbons (Fsp3) is 0.286. The highest BCUT2D eigenvalue weighted by Gasteiger charge is 2.34. The zero-order valence-electron chi connectivity index (χ0n) is 15.8. The fourth-order valence-electron chi connectivity index (χ4n) is 3.41. The Morgan fingerprint density at radius 2 is 1.76 bits per heavy atom. The molecule has 5 nitrogen and oxygen atoms in total. The maximum absolute atomic E-state index is 13.5. The normalized spacial score (nSPS) is 15.8. The largest absolute Gasteiger partial charge is 0.308 e. The Labute approximate surface area is 169 Å². The van der Waals surface area contributed by atoms with Crippen molar-refractivity contribution < 1.29 is 22.0 Å². The van der Waals surface area contributed by atoms with Crippen molar-refractivity contribution in [2.24, 2.45) is 5.92 Å². The van der Waals surface area contributed by atoms with E-state index in [0.29, 0.717) is 25.5 Å². The van der Waals surface area contributed by atoms with Crippen LogP contribution in [0.1, 0.15) is 12.8 Å². The van der Waals surface area contributed by atoms with Crippen molar-refractivity contribution in [3.63, 3.8) is 0 Å². The molecule has 0 radical (unpaired) electrons. The van der Waals surface area contributed by atoms with Crippen LogP contribution < -0.4 is 4.90 Å². The highest BCUT2D eigenvalue weighted by atomic mass is 32.2. The van der Waals surface area contributed by atoms with Gasteiger partial charge in [0, 0.05) is 31.2 Å². The fourth-order valence-corrected chi connectivity index (χ4v) is 4.89. The second-order valence-corrected chi connectivity index (χ2v) is 8.77. The van der Waals surface area contributed by atoms with Crippen molar-refractivity contribution in [3.8, 4) is 0 Å². The van der Waals surface area contributed by atoms with Gasteiger partial charge >= 0.3 is 0 Å². The van der Waals surface area contributed by atoms with Crippen LogP contribution in [0.5, 0.6) is 0 Å². The van der Waals surface area contributed by atoms with E-state index in [0.717, 1.165) is 17.8 Å². The maximum Gasteiger partial charge on any atom is 0.243 e. The number of piperidine rings is 1. The molecule has 0 N–H and O–H groups in total. The van der Waals surface area contributed by atoms with Crippen LogP contribution in [-0.2, 0) is 14.8 Å². The lowest BCUT2D eigenvalue weighted by atomic mass is 9.96. The molecule has 1 aliphatic heterocycles.